The summed E-state index contributed by atoms with van der Waals surface area (Å²) >= 11 is 0. The van der Waals surface area contributed by atoms with Crippen molar-refractivity contribution >= 4 is 27.4 Å². The molecule has 0 spiro atoms. The summed E-state index contributed by atoms with van der Waals surface area (Å²) in [6, 6.07) is 19.8. The van der Waals surface area contributed by atoms with E-state index in [-0.39, 0.29) is 27.8 Å². The summed E-state index contributed by atoms with van der Waals surface area (Å²) in [7, 11) is -3.84. The zero-order chi connectivity index (χ0) is 25.7. The summed E-state index contributed by atoms with van der Waals surface area (Å²) in [5, 5.41) is 12.7. The van der Waals surface area contributed by atoms with Crippen molar-refractivity contribution in [1.29, 1.82) is 0 Å². The number of carboxylic acids is 1. The van der Waals surface area contributed by atoms with Crippen LogP contribution in [0.2, 0.25) is 0 Å². The van der Waals surface area contributed by atoms with Gasteiger partial charge in [0.05, 0.1) is 16.5 Å². The number of anilines is 2. The fraction of sp³-hybridized carbons (Fsp3) is 0.276. The van der Waals surface area contributed by atoms with Crippen molar-refractivity contribution in [2.24, 2.45) is 5.92 Å². The van der Waals surface area contributed by atoms with Crippen molar-refractivity contribution < 1.29 is 18.3 Å². The molecule has 5 rings (SSSR count). The first-order valence-corrected chi connectivity index (χ1v) is 13.5. The zero-order valence-corrected chi connectivity index (χ0v) is 21.3. The molecule has 0 radical (unpaired) electrons. The molecular weight excluding hydrogens is 472 g/mol. The first-order valence-electron chi connectivity index (χ1n) is 12.1. The highest BCUT2D eigenvalue weighted by Gasteiger charge is 2.38. The molecule has 3 aromatic rings. The van der Waals surface area contributed by atoms with E-state index in [1.165, 1.54) is 35.4 Å². The molecule has 186 valence electrons. The first-order chi connectivity index (χ1) is 17.0. The molecule has 1 aliphatic carbocycles. The number of aromatic carboxylic acids is 1. The van der Waals surface area contributed by atoms with Crippen LogP contribution in [0.1, 0.15) is 66.2 Å². The van der Waals surface area contributed by atoms with Crippen LogP contribution in [0, 0.1) is 5.92 Å². The number of sulfonamides is 1. The van der Waals surface area contributed by atoms with E-state index in [4.69, 9.17) is 5.11 Å². The summed E-state index contributed by atoms with van der Waals surface area (Å²) in [6.45, 7) is 6.62. The van der Waals surface area contributed by atoms with Crippen molar-refractivity contribution in [3.8, 4) is 0 Å². The minimum atomic E-state index is -3.84. The lowest BCUT2D eigenvalue weighted by Gasteiger charge is -2.38. The Balaban J connectivity index is 1.42. The van der Waals surface area contributed by atoms with Gasteiger partial charge in [-0.2, -0.15) is 0 Å². The topological polar surface area (TPSA) is 95.5 Å². The van der Waals surface area contributed by atoms with Crippen molar-refractivity contribution in [3.05, 3.63) is 101 Å². The van der Waals surface area contributed by atoms with Crippen LogP contribution in [-0.2, 0) is 15.4 Å². The molecule has 0 fully saturated rings. The monoisotopic (exact) mass is 502 g/mol. The Hall–Kier alpha value is -3.58. The lowest BCUT2D eigenvalue weighted by molar-refractivity contribution is 0.0697. The molecule has 3 N–H and O–H groups in total. The van der Waals surface area contributed by atoms with E-state index in [0.29, 0.717) is 11.6 Å². The summed E-state index contributed by atoms with van der Waals surface area (Å²) in [5.74, 6) is -0.639. The lowest BCUT2D eigenvalue weighted by Crippen LogP contribution is -2.29. The Morgan fingerprint density at radius 2 is 1.69 bits per heavy atom. The van der Waals surface area contributed by atoms with Crippen LogP contribution < -0.4 is 10.0 Å². The molecule has 0 aromatic heterocycles. The van der Waals surface area contributed by atoms with Gasteiger partial charge in [-0.15, -0.1) is 0 Å². The predicted octanol–water partition coefficient (Wildman–Crippen LogP) is 6.31. The summed E-state index contributed by atoms with van der Waals surface area (Å²) in [5.41, 5.74) is 4.95. The highest BCUT2D eigenvalue weighted by Crippen LogP contribution is 2.50. The number of carbonyl (C=O) groups is 1. The Morgan fingerprint density at radius 1 is 1.00 bits per heavy atom. The van der Waals surface area contributed by atoms with Gasteiger partial charge in [0.2, 0.25) is 0 Å². The van der Waals surface area contributed by atoms with E-state index in [2.05, 4.69) is 67.2 Å². The number of hydrogen-bond donors (Lipinski definition) is 3. The molecule has 2 aliphatic rings. The maximum Gasteiger partial charge on any atom is 0.335 e. The maximum atomic E-state index is 13.1. The molecule has 6 nitrogen and oxygen atoms in total. The quantitative estimate of drug-likeness (QED) is 0.355. The molecule has 0 saturated heterocycles. The average Bonchev–Trinajstić information content (AvgIpc) is 3.33. The van der Waals surface area contributed by atoms with E-state index in [0.717, 1.165) is 17.7 Å². The maximum absolute atomic E-state index is 13.1. The minimum absolute atomic E-state index is 0.0940. The number of nitrogens with one attached hydrogen (secondary N) is 2. The second-order valence-corrected chi connectivity index (χ2v) is 12.3. The van der Waals surface area contributed by atoms with Crippen molar-refractivity contribution in [1.82, 2.24) is 0 Å². The third kappa shape index (κ3) is 4.51. The van der Waals surface area contributed by atoms with Gasteiger partial charge in [-0.3, -0.25) is 4.72 Å². The summed E-state index contributed by atoms with van der Waals surface area (Å²) in [4.78, 5) is 11.2. The minimum Gasteiger partial charge on any atom is -0.478 e. The first kappa shape index (κ1) is 24.1. The second-order valence-electron chi connectivity index (χ2n) is 10.6. The molecule has 1 aliphatic heterocycles. The molecule has 7 heteroatoms. The molecule has 3 aromatic carbocycles. The van der Waals surface area contributed by atoms with Gasteiger partial charge in [0.25, 0.3) is 10.0 Å². The highest BCUT2D eigenvalue weighted by atomic mass is 32.2. The third-order valence-corrected chi connectivity index (χ3v) is 8.54. The van der Waals surface area contributed by atoms with E-state index in [9.17, 15) is 13.2 Å². The van der Waals surface area contributed by atoms with Crippen molar-refractivity contribution in [3.63, 3.8) is 0 Å². The molecule has 1 heterocycles. The SMILES string of the molecule is CC(C)(C)c1ccc([C@H]2Nc3ccc(S(=O)(=O)Nc4ccc(C(=O)O)cc4)cc3[C@H]3C=CC[C@H]32)cc1. The smallest absolute Gasteiger partial charge is 0.335 e. The van der Waals surface area contributed by atoms with Crippen LogP contribution in [-0.4, -0.2) is 19.5 Å². The van der Waals surface area contributed by atoms with Crippen LogP contribution in [0.3, 0.4) is 0 Å². The van der Waals surface area contributed by atoms with Gasteiger partial charge >= 0.3 is 5.97 Å². The normalized spacial score (nSPS) is 20.8. The molecule has 0 unspecified atom stereocenters. The van der Waals surface area contributed by atoms with Crippen LogP contribution >= 0.6 is 0 Å². The van der Waals surface area contributed by atoms with Crippen LogP contribution in [0.25, 0.3) is 0 Å². The van der Waals surface area contributed by atoms with Gasteiger partial charge in [0, 0.05) is 17.3 Å². The van der Waals surface area contributed by atoms with Gasteiger partial charge < -0.3 is 10.4 Å². The van der Waals surface area contributed by atoms with Crippen LogP contribution in [0.5, 0.6) is 0 Å². The predicted molar refractivity (Wildman–Crippen MR) is 142 cm³/mol. The van der Waals surface area contributed by atoms with Gasteiger partial charge in [-0.25, -0.2) is 13.2 Å². The van der Waals surface area contributed by atoms with Crippen LogP contribution in [0.15, 0.2) is 83.8 Å². The van der Waals surface area contributed by atoms with E-state index < -0.39 is 16.0 Å². The lowest BCUT2D eigenvalue weighted by atomic mass is 9.76. The number of hydrogen-bond acceptors (Lipinski definition) is 4. The molecule has 3 atom stereocenters. The fourth-order valence-electron chi connectivity index (χ4n) is 5.16. The standard InChI is InChI=1S/C29H30N2O4S/c1-29(2,3)20-11-7-18(8-12-20)27-24-6-4-5-23(24)25-17-22(15-16-26(25)30-27)36(34,35)31-21-13-9-19(10-14-21)28(32)33/h4-5,7-17,23-24,27,30-31H,6H2,1-3H3,(H,32,33)/t23-,24+,27+/m0/s1. The number of fused-ring (bicyclic) bond motifs is 3. The van der Waals surface area contributed by atoms with Crippen molar-refractivity contribution in [2.45, 2.75) is 49.5 Å². The summed E-state index contributed by atoms with van der Waals surface area (Å²) < 4.78 is 28.8. The Bertz CT molecular complexity index is 1440. The van der Waals surface area contributed by atoms with Gasteiger partial charge in [0.15, 0.2) is 0 Å². The number of allylic oxidation sites excluding steroid dienone is 2. The van der Waals surface area contributed by atoms with E-state index in [1.807, 2.05) is 6.07 Å². The Morgan fingerprint density at radius 3 is 2.33 bits per heavy atom. The average molecular weight is 503 g/mol. The number of carboxylic acid groups (broad SMARTS) is 1. The fourth-order valence-corrected chi connectivity index (χ4v) is 6.25. The third-order valence-electron chi connectivity index (χ3n) is 7.16. The van der Waals surface area contributed by atoms with Crippen molar-refractivity contribution in [2.75, 3.05) is 10.0 Å². The Labute approximate surface area is 212 Å². The largest absolute Gasteiger partial charge is 0.478 e. The number of rotatable bonds is 5. The number of benzene rings is 3. The zero-order valence-electron chi connectivity index (χ0n) is 20.5. The van der Waals surface area contributed by atoms with Gasteiger partial charge in [-0.1, -0.05) is 57.2 Å². The summed E-state index contributed by atoms with van der Waals surface area (Å²) in [6.07, 6.45) is 5.30. The molecule has 0 saturated carbocycles. The van der Waals surface area contributed by atoms with Gasteiger partial charge in [0.1, 0.15) is 0 Å². The highest BCUT2D eigenvalue weighted by molar-refractivity contribution is 7.92. The molecule has 0 amide bonds. The molecule has 0 bridgehead atoms. The van der Waals surface area contributed by atoms with E-state index >= 15 is 0 Å². The Kier molecular flexibility index (Phi) is 5.91. The van der Waals surface area contributed by atoms with Gasteiger partial charge in [-0.05, 0) is 76.9 Å². The second kappa shape index (κ2) is 8.82. The van der Waals surface area contributed by atoms with E-state index in [1.54, 1.807) is 12.1 Å². The molecule has 36 heavy (non-hydrogen) atoms. The van der Waals surface area contributed by atoms with Crippen LogP contribution in [0.4, 0.5) is 11.4 Å². The molecular formula is C29H30N2O4S.